The number of amides is 1. The Bertz CT molecular complexity index is 671. The maximum atomic E-state index is 11.7. The Morgan fingerprint density at radius 2 is 2.14 bits per heavy atom. The van der Waals surface area contributed by atoms with Crippen LogP contribution in [0.1, 0.15) is 11.1 Å². The van der Waals surface area contributed by atoms with Gasteiger partial charge in [0, 0.05) is 29.6 Å². The van der Waals surface area contributed by atoms with Crippen LogP contribution in [0.5, 0.6) is 0 Å². The molecule has 0 aliphatic carbocycles. The van der Waals surface area contributed by atoms with E-state index in [-0.39, 0.29) is 12.1 Å². The molecule has 2 aromatic rings. The molecule has 1 aromatic heterocycles. The second-order valence-electron chi connectivity index (χ2n) is 4.14. The minimum atomic E-state index is -0.512. The van der Waals surface area contributed by atoms with Crippen LogP contribution in [0.3, 0.4) is 0 Å². The van der Waals surface area contributed by atoms with E-state index < -0.39 is 10.8 Å². The largest absolute Gasteiger partial charge is 0.273 e. The summed E-state index contributed by atoms with van der Waals surface area (Å²) in [5.41, 5.74) is 3.33. The molecule has 0 atom stereocenters. The van der Waals surface area contributed by atoms with Gasteiger partial charge in [0.05, 0.1) is 17.6 Å². The fraction of sp³-hybridized carbons (Fsp3) is 0.0714. The van der Waals surface area contributed by atoms with E-state index >= 15 is 0 Å². The summed E-state index contributed by atoms with van der Waals surface area (Å²) in [5.74, 6) is -0.426. The standard InChI is InChI=1S/C14H12N4O3/c19-14(17-16-10-11-4-3-7-15-9-11)8-12-5-1-2-6-13(12)18(20)21/h1-7,9-10H,8H2,(H,17,19)/b16-10-. The Balaban J connectivity index is 1.97. The maximum Gasteiger partial charge on any atom is 0.273 e. The molecule has 1 aromatic carbocycles. The lowest BCUT2D eigenvalue weighted by atomic mass is 10.1. The molecule has 0 saturated carbocycles. The van der Waals surface area contributed by atoms with E-state index in [4.69, 9.17) is 0 Å². The Kier molecular flexibility index (Phi) is 4.70. The van der Waals surface area contributed by atoms with Crippen molar-refractivity contribution >= 4 is 17.8 Å². The summed E-state index contributed by atoms with van der Waals surface area (Å²) in [4.78, 5) is 25.9. The molecule has 0 bridgehead atoms. The van der Waals surface area contributed by atoms with Gasteiger partial charge in [-0.2, -0.15) is 5.10 Å². The molecule has 7 nitrogen and oxygen atoms in total. The van der Waals surface area contributed by atoms with Crippen molar-refractivity contribution in [2.45, 2.75) is 6.42 Å². The van der Waals surface area contributed by atoms with E-state index in [1.54, 1.807) is 42.7 Å². The summed E-state index contributed by atoms with van der Waals surface area (Å²) in [6.45, 7) is 0. The molecule has 0 saturated heterocycles. The Labute approximate surface area is 120 Å². The van der Waals surface area contributed by atoms with E-state index in [1.165, 1.54) is 12.3 Å². The second-order valence-corrected chi connectivity index (χ2v) is 4.14. The molecule has 2 rings (SSSR count). The van der Waals surface area contributed by atoms with Crippen LogP contribution >= 0.6 is 0 Å². The number of carbonyl (C=O) groups is 1. The maximum absolute atomic E-state index is 11.7. The average molecular weight is 284 g/mol. The lowest BCUT2D eigenvalue weighted by molar-refractivity contribution is -0.385. The van der Waals surface area contributed by atoms with Crippen molar-refractivity contribution in [1.82, 2.24) is 10.4 Å². The van der Waals surface area contributed by atoms with Crippen molar-refractivity contribution < 1.29 is 9.72 Å². The van der Waals surface area contributed by atoms with Crippen LogP contribution in [0, 0.1) is 10.1 Å². The highest BCUT2D eigenvalue weighted by Crippen LogP contribution is 2.17. The van der Waals surface area contributed by atoms with Gasteiger partial charge in [0.2, 0.25) is 5.91 Å². The fourth-order valence-corrected chi connectivity index (χ4v) is 1.68. The van der Waals surface area contributed by atoms with Gasteiger partial charge in [-0.3, -0.25) is 19.9 Å². The van der Waals surface area contributed by atoms with Crippen molar-refractivity contribution in [1.29, 1.82) is 0 Å². The number of para-hydroxylation sites is 1. The van der Waals surface area contributed by atoms with Crippen LogP contribution in [0.15, 0.2) is 53.9 Å². The number of hydrazone groups is 1. The molecule has 0 spiro atoms. The number of aromatic nitrogens is 1. The number of nitrogens with one attached hydrogen (secondary N) is 1. The zero-order chi connectivity index (χ0) is 15.1. The van der Waals surface area contributed by atoms with Crippen LogP contribution in [0.25, 0.3) is 0 Å². The van der Waals surface area contributed by atoms with Gasteiger partial charge >= 0.3 is 0 Å². The molecular formula is C14H12N4O3. The molecule has 1 amide bonds. The van der Waals surface area contributed by atoms with Gasteiger partial charge in [-0.05, 0) is 6.07 Å². The molecule has 21 heavy (non-hydrogen) atoms. The summed E-state index contributed by atoms with van der Waals surface area (Å²) in [6.07, 6.45) is 4.56. The number of hydrogen-bond acceptors (Lipinski definition) is 5. The average Bonchev–Trinajstić information content (AvgIpc) is 2.48. The molecule has 0 aliphatic rings. The highest BCUT2D eigenvalue weighted by Gasteiger charge is 2.14. The number of pyridine rings is 1. The number of rotatable bonds is 5. The van der Waals surface area contributed by atoms with Crippen molar-refractivity contribution in [3.8, 4) is 0 Å². The summed E-state index contributed by atoms with van der Waals surface area (Å²) in [6, 6.07) is 9.64. The van der Waals surface area contributed by atoms with Crippen molar-refractivity contribution in [2.24, 2.45) is 5.10 Å². The van der Waals surface area contributed by atoms with Crippen LogP contribution in [-0.4, -0.2) is 22.0 Å². The summed E-state index contributed by atoms with van der Waals surface area (Å²) < 4.78 is 0. The van der Waals surface area contributed by atoms with Crippen molar-refractivity contribution in [3.05, 3.63) is 70.0 Å². The highest BCUT2D eigenvalue weighted by molar-refractivity contribution is 5.83. The van der Waals surface area contributed by atoms with Crippen LogP contribution < -0.4 is 5.43 Å². The van der Waals surface area contributed by atoms with Crippen LogP contribution in [-0.2, 0) is 11.2 Å². The smallest absolute Gasteiger partial charge is 0.273 e. The third-order valence-electron chi connectivity index (χ3n) is 2.63. The highest BCUT2D eigenvalue weighted by atomic mass is 16.6. The topological polar surface area (TPSA) is 97.5 Å². The first-order valence-electron chi connectivity index (χ1n) is 6.11. The summed E-state index contributed by atoms with van der Waals surface area (Å²) in [7, 11) is 0. The third kappa shape index (κ3) is 4.20. The number of hydrogen-bond donors (Lipinski definition) is 1. The van der Waals surface area contributed by atoms with Crippen molar-refractivity contribution in [2.75, 3.05) is 0 Å². The SMILES string of the molecule is O=C(Cc1ccccc1[N+](=O)[O-])N/N=C\c1cccnc1. The Morgan fingerprint density at radius 1 is 1.33 bits per heavy atom. The normalized spacial score (nSPS) is 10.5. The molecule has 1 N–H and O–H groups in total. The van der Waals surface area contributed by atoms with E-state index in [1.807, 2.05) is 0 Å². The monoisotopic (exact) mass is 284 g/mol. The molecule has 1 heterocycles. The zero-order valence-electron chi connectivity index (χ0n) is 11.0. The zero-order valence-corrected chi connectivity index (χ0v) is 11.0. The number of benzene rings is 1. The molecule has 0 radical (unpaired) electrons. The van der Waals surface area contributed by atoms with Gasteiger partial charge in [0.1, 0.15) is 0 Å². The van der Waals surface area contributed by atoms with Crippen LogP contribution in [0.4, 0.5) is 5.69 Å². The van der Waals surface area contributed by atoms with E-state index in [0.717, 1.165) is 5.56 Å². The van der Waals surface area contributed by atoms with Gasteiger partial charge in [-0.15, -0.1) is 0 Å². The molecule has 7 heteroatoms. The summed E-state index contributed by atoms with van der Waals surface area (Å²) >= 11 is 0. The minimum Gasteiger partial charge on any atom is -0.273 e. The Hall–Kier alpha value is -3.09. The first-order valence-corrected chi connectivity index (χ1v) is 6.11. The third-order valence-corrected chi connectivity index (χ3v) is 2.63. The summed E-state index contributed by atoms with van der Waals surface area (Å²) in [5, 5.41) is 14.6. The van der Waals surface area contributed by atoms with Gasteiger partial charge in [-0.1, -0.05) is 24.3 Å². The van der Waals surface area contributed by atoms with Crippen LogP contribution in [0.2, 0.25) is 0 Å². The first kappa shape index (κ1) is 14.3. The lowest BCUT2D eigenvalue weighted by Crippen LogP contribution is -2.20. The Morgan fingerprint density at radius 3 is 2.86 bits per heavy atom. The molecule has 106 valence electrons. The first-order chi connectivity index (χ1) is 10.2. The van der Waals surface area contributed by atoms with E-state index in [2.05, 4.69) is 15.5 Å². The molecule has 0 unspecified atom stereocenters. The molecule has 0 aliphatic heterocycles. The van der Waals surface area contributed by atoms with E-state index in [9.17, 15) is 14.9 Å². The predicted octanol–water partition coefficient (Wildman–Crippen LogP) is 1.68. The lowest BCUT2D eigenvalue weighted by Gasteiger charge is -2.01. The predicted molar refractivity (Wildman–Crippen MR) is 76.8 cm³/mol. The minimum absolute atomic E-state index is 0.0797. The number of nitro groups is 1. The second kappa shape index (κ2) is 6.90. The van der Waals surface area contributed by atoms with Crippen molar-refractivity contribution in [3.63, 3.8) is 0 Å². The van der Waals surface area contributed by atoms with Gasteiger partial charge in [0.15, 0.2) is 0 Å². The van der Waals surface area contributed by atoms with Gasteiger partial charge in [-0.25, -0.2) is 5.43 Å². The molecular weight excluding hydrogens is 272 g/mol. The van der Waals surface area contributed by atoms with Gasteiger partial charge in [0.25, 0.3) is 5.69 Å². The quantitative estimate of drug-likeness (QED) is 0.513. The fourth-order valence-electron chi connectivity index (χ4n) is 1.68. The number of carbonyl (C=O) groups excluding carboxylic acids is 1. The molecule has 0 fully saturated rings. The number of nitrogens with zero attached hydrogens (tertiary/aromatic N) is 3. The van der Waals surface area contributed by atoms with Gasteiger partial charge < -0.3 is 0 Å². The number of nitro benzene ring substituents is 1. The van der Waals surface area contributed by atoms with E-state index in [0.29, 0.717) is 5.56 Å².